The summed E-state index contributed by atoms with van der Waals surface area (Å²) < 4.78 is 5.08. The van der Waals surface area contributed by atoms with E-state index >= 15 is 0 Å². The predicted octanol–water partition coefficient (Wildman–Crippen LogP) is 0.870. The highest BCUT2D eigenvalue weighted by Gasteiger charge is 2.40. The fourth-order valence-corrected chi connectivity index (χ4v) is 4.92. The Bertz CT molecular complexity index is 149. The van der Waals surface area contributed by atoms with Gasteiger partial charge in [0.25, 0.3) is 4.58 Å². The average Bonchev–Trinajstić information content (AvgIpc) is 2.36. The number of hydrogen-bond donors (Lipinski definition) is 0. The maximum atomic E-state index is 11.2. The first-order chi connectivity index (χ1) is 5.25. The summed E-state index contributed by atoms with van der Waals surface area (Å²) in [5.41, 5.74) is 0. The van der Waals surface area contributed by atoms with Crippen LogP contribution in [0.5, 0.6) is 0 Å². The van der Waals surface area contributed by atoms with Crippen LogP contribution in [0.4, 0.5) is 0 Å². The molecule has 0 amide bonds. The van der Waals surface area contributed by atoms with Crippen LogP contribution in [0.25, 0.3) is 0 Å². The molecule has 1 aliphatic heterocycles. The highest BCUT2D eigenvalue weighted by atomic mass is 32.2. The van der Waals surface area contributed by atoms with E-state index in [1.54, 1.807) is 11.8 Å². The van der Waals surface area contributed by atoms with E-state index < -0.39 is 0 Å². The quantitative estimate of drug-likeness (QED) is 0.481. The number of hydrogen-bond acceptors (Lipinski definition) is 3. The van der Waals surface area contributed by atoms with Crippen molar-refractivity contribution in [2.45, 2.75) is 11.5 Å². The molecule has 1 saturated heterocycles. The molecule has 0 aliphatic carbocycles. The summed E-state index contributed by atoms with van der Waals surface area (Å²) in [6, 6.07) is 0. The fraction of sp³-hybridized carbons (Fsp3) is 0.857. The van der Waals surface area contributed by atoms with Crippen molar-refractivity contribution < 1.29 is 9.53 Å². The topological polar surface area (TPSA) is 26.3 Å². The second kappa shape index (κ2) is 4.26. The van der Waals surface area contributed by atoms with Gasteiger partial charge in [0.15, 0.2) is 0 Å². The van der Waals surface area contributed by atoms with Crippen LogP contribution in [0, 0.1) is 0 Å². The maximum absolute atomic E-state index is 11.2. The second-order valence-corrected chi connectivity index (χ2v) is 6.12. The first-order valence-electron chi connectivity index (χ1n) is 3.65. The van der Waals surface area contributed by atoms with Gasteiger partial charge in [-0.2, -0.15) is 0 Å². The summed E-state index contributed by atoms with van der Waals surface area (Å²) in [5, 5.41) is 0. The lowest BCUT2D eigenvalue weighted by Crippen LogP contribution is -2.25. The van der Waals surface area contributed by atoms with E-state index in [4.69, 9.17) is 4.74 Å². The van der Waals surface area contributed by atoms with Gasteiger partial charge in [-0.15, -0.1) is 0 Å². The lowest BCUT2D eigenvalue weighted by atomic mass is 10.7. The van der Waals surface area contributed by atoms with Crippen LogP contribution >= 0.6 is 11.8 Å². The van der Waals surface area contributed by atoms with Gasteiger partial charge in [0.05, 0.1) is 12.9 Å². The minimum atomic E-state index is -0.0131. The Morgan fingerprint density at radius 1 is 1.82 bits per heavy atom. The SMILES string of the molecule is CCOC(=O)C1SCC[S+]1C. The fourth-order valence-electron chi connectivity index (χ4n) is 0.952. The Kier molecular flexibility index (Phi) is 3.59. The molecule has 1 heterocycles. The molecular weight excluding hydrogens is 180 g/mol. The predicted molar refractivity (Wildman–Crippen MR) is 51.0 cm³/mol. The molecule has 1 rings (SSSR count). The van der Waals surface area contributed by atoms with E-state index in [0.717, 1.165) is 5.75 Å². The molecule has 0 aromatic rings. The van der Waals surface area contributed by atoms with Crippen molar-refractivity contribution >= 4 is 28.6 Å². The standard InChI is InChI=1S/C7H13O2S2/c1-3-9-6(8)7-10-4-5-11(7)2/h7H,3-5H2,1-2H3/q+1. The van der Waals surface area contributed by atoms with Crippen LogP contribution in [0.1, 0.15) is 6.92 Å². The number of ether oxygens (including phenoxy) is 1. The number of carbonyl (C=O) groups excluding carboxylic acids is 1. The minimum Gasteiger partial charge on any atom is -0.462 e. The zero-order valence-corrected chi connectivity index (χ0v) is 8.46. The van der Waals surface area contributed by atoms with Gasteiger partial charge in [-0.1, -0.05) is 11.8 Å². The average molecular weight is 193 g/mol. The smallest absolute Gasteiger partial charge is 0.370 e. The van der Waals surface area contributed by atoms with E-state index in [-0.39, 0.29) is 21.4 Å². The van der Waals surface area contributed by atoms with E-state index in [1.165, 1.54) is 5.75 Å². The van der Waals surface area contributed by atoms with Crippen LogP contribution in [0.2, 0.25) is 0 Å². The van der Waals surface area contributed by atoms with Gasteiger partial charge >= 0.3 is 5.97 Å². The van der Waals surface area contributed by atoms with Crippen molar-refractivity contribution in [2.24, 2.45) is 0 Å². The molecule has 0 saturated carbocycles. The van der Waals surface area contributed by atoms with Gasteiger partial charge < -0.3 is 4.74 Å². The van der Waals surface area contributed by atoms with E-state index in [9.17, 15) is 4.79 Å². The lowest BCUT2D eigenvalue weighted by Gasteiger charge is -2.05. The molecule has 64 valence electrons. The van der Waals surface area contributed by atoms with Gasteiger partial charge in [0.2, 0.25) is 0 Å². The van der Waals surface area contributed by atoms with Gasteiger partial charge in [0.1, 0.15) is 5.75 Å². The number of rotatable bonds is 2. The molecule has 0 radical (unpaired) electrons. The Balaban J connectivity index is 2.39. The molecule has 2 nitrogen and oxygen atoms in total. The molecule has 0 bridgehead atoms. The van der Waals surface area contributed by atoms with Crippen molar-refractivity contribution in [3.05, 3.63) is 0 Å². The molecule has 4 heteroatoms. The van der Waals surface area contributed by atoms with Crippen molar-refractivity contribution in [3.8, 4) is 0 Å². The molecular formula is C7H13O2S2+. The molecule has 0 aromatic carbocycles. The van der Waals surface area contributed by atoms with Crippen LogP contribution in [-0.2, 0) is 20.4 Å². The Hall–Kier alpha value is 0.170. The lowest BCUT2D eigenvalue weighted by molar-refractivity contribution is -0.140. The Morgan fingerprint density at radius 2 is 2.55 bits per heavy atom. The Morgan fingerprint density at radius 3 is 3.00 bits per heavy atom. The molecule has 0 aromatic heterocycles. The van der Waals surface area contributed by atoms with Crippen LogP contribution in [0.3, 0.4) is 0 Å². The van der Waals surface area contributed by atoms with Crippen molar-refractivity contribution in [1.29, 1.82) is 0 Å². The van der Waals surface area contributed by atoms with Gasteiger partial charge in [0, 0.05) is 16.6 Å². The van der Waals surface area contributed by atoms with Gasteiger partial charge in [-0.25, -0.2) is 4.79 Å². The van der Waals surface area contributed by atoms with Crippen LogP contribution in [0.15, 0.2) is 0 Å². The van der Waals surface area contributed by atoms with Crippen molar-refractivity contribution in [3.63, 3.8) is 0 Å². The van der Waals surface area contributed by atoms with Crippen LogP contribution < -0.4 is 0 Å². The molecule has 2 unspecified atom stereocenters. The molecule has 2 atom stereocenters. The summed E-state index contributed by atoms with van der Waals surface area (Å²) in [4.78, 5) is 11.2. The van der Waals surface area contributed by atoms with E-state index in [2.05, 4.69) is 6.26 Å². The second-order valence-electron chi connectivity index (χ2n) is 2.35. The zero-order valence-electron chi connectivity index (χ0n) is 6.83. The van der Waals surface area contributed by atoms with Crippen molar-refractivity contribution in [1.82, 2.24) is 0 Å². The van der Waals surface area contributed by atoms with Gasteiger partial charge in [-0.3, -0.25) is 0 Å². The Labute approximate surface area is 74.4 Å². The van der Waals surface area contributed by atoms with E-state index in [0.29, 0.717) is 6.61 Å². The highest BCUT2D eigenvalue weighted by molar-refractivity contribution is 8.19. The molecule has 1 aliphatic rings. The number of esters is 1. The van der Waals surface area contributed by atoms with Gasteiger partial charge in [-0.05, 0) is 6.92 Å². The molecule has 1 fully saturated rings. The third-order valence-electron chi connectivity index (χ3n) is 1.52. The van der Waals surface area contributed by atoms with E-state index in [1.807, 2.05) is 6.92 Å². The summed E-state index contributed by atoms with van der Waals surface area (Å²) in [7, 11) is 0.246. The third kappa shape index (κ3) is 2.30. The third-order valence-corrected chi connectivity index (χ3v) is 5.88. The molecule has 0 N–H and O–H groups in total. The zero-order chi connectivity index (χ0) is 8.27. The normalized spacial score (nSPS) is 30.4. The molecule has 11 heavy (non-hydrogen) atoms. The summed E-state index contributed by atoms with van der Waals surface area (Å²) in [6.07, 6.45) is 2.14. The summed E-state index contributed by atoms with van der Waals surface area (Å²) in [6.45, 7) is 2.36. The monoisotopic (exact) mass is 193 g/mol. The first kappa shape index (κ1) is 9.26. The summed E-state index contributed by atoms with van der Waals surface area (Å²) >= 11 is 1.74. The summed E-state index contributed by atoms with van der Waals surface area (Å²) in [5.74, 6) is 2.28. The highest BCUT2D eigenvalue weighted by Crippen LogP contribution is 2.27. The maximum Gasteiger partial charge on any atom is 0.370 e. The first-order valence-corrected chi connectivity index (χ1v) is 6.56. The van der Waals surface area contributed by atoms with Crippen molar-refractivity contribution in [2.75, 3.05) is 24.4 Å². The number of carbonyl (C=O) groups is 1. The minimum absolute atomic E-state index is 0.0131. The van der Waals surface area contributed by atoms with Crippen LogP contribution in [-0.4, -0.2) is 34.9 Å². The largest absolute Gasteiger partial charge is 0.462 e. The molecule has 0 spiro atoms. The number of thioether (sulfide) groups is 1.